The highest BCUT2D eigenvalue weighted by Gasteiger charge is 2.36. The second kappa shape index (κ2) is 10.0. The van der Waals surface area contributed by atoms with E-state index in [-0.39, 0.29) is 12.1 Å². The molecule has 2 aromatic carbocycles. The van der Waals surface area contributed by atoms with Crippen molar-refractivity contribution in [1.82, 2.24) is 0 Å². The number of fused-ring (bicyclic) bond motifs is 1. The van der Waals surface area contributed by atoms with Crippen LogP contribution in [0.2, 0.25) is 0 Å². The van der Waals surface area contributed by atoms with Gasteiger partial charge in [0.2, 0.25) is 0 Å². The van der Waals surface area contributed by atoms with Gasteiger partial charge in [-0.3, -0.25) is 4.57 Å². The molecule has 1 saturated carbocycles. The third kappa shape index (κ3) is 6.11. The molecular weight excluding hydrogens is 404 g/mol. The van der Waals surface area contributed by atoms with Gasteiger partial charge in [0.05, 0.1) is 6.61 Å². The van der Waals surface area contributed by atoms with Crippen LogP contribution in [0.4, 0.5) is 0 Å². The first-order chi connectivity index (χ1) is 14.9. The summed E-state index contributed by atoms with van der Waals surface area (Å²) < 4.78 is 15.6. The van der Waals surface area contributed by atoms with Crippen molar-refractivity contribution >= 4 is 21.6 Å². The first-order valence-corrected chi connectivity index (χ1v) is 13.0. The van der Waals surface area contributed by atoms with Crippen LogP contribution in [0.3, 0.4) is 0 Å². The number of hydrogen-bond acceptors (Lipinski definition) is 3. The largest absolute Gasteiger partial charge is 0.326 e. The van der Waals surface area contributed by atoms with Gasteiger partial charge in [0.15, 0.2) is 0 Å². The van der Waals surface area contributed by atoms with Gasteiger partial charge >= 0.3 is 8.25 Å². The highest BCUT2D eigenvalue weighted by molar-refractivity contribution is 7.32. The summed E-state index contributed by atoms with van der Waals surface area (Å²) in [4.78, 5) is 8.86. The standard InChI is InChI=1S/C25H35BNO3P/c26-24-3-1-2-18(15-24)4-5-19-6-7-21-16-22(9-8-20(21)14-19)23-10-11-25(27,17-23)12-13-30-31(28)29/h1-3,8-9,15-16,19,23,31H,4-7,10-14,17,26-27H2,(H,28,29)/t19?,23-,25-/m0/s1. The lowest BCUT2D eigenvalue weighted by Crippen LogP contribution is -2.37. The summed E-state index contributed by atoms with van der Waals surface area (Å²) in [5.74, 6) is 1.27. The number of benzene rings is 2. The lowest BCUT2D eigenvalue weighted by atomic mass is 9.79. The van der Waals surface area contributed by atoms with Crippen molar-refractivity contribution in [2.75, 3.05) is 6.61 Å². The molecule has 6 heteroatoms. The molecule has 166 valence electrons. The molecule has 3 N–H and O–H groups in total. The molecule has 2 aliphatic rings. The fraction of sp³-hybridized carbons (Fsp3) is 0.520. The van der Waals surface area contributed by atoms with Crippen LogP contribution in [0.15, 0.2) is 42.5 Å². The van der Waals surface area contributed by atoms with Gasteiger partial charge in [0.25, 0.3) is 0 Å². The van der Waals surface area contributed by atoms with Crippen LogP contribution in [0, 0.1) is 5.92 Å². The zero-order valence-corrected chi connectivity index (χ0v) is 19.6. The molecule has 2 aliphatic carbocycles. The van der Waals surface area contributed by atoms with Gasteiger partial charge in [0.1, 0.15) is 7.85 Å². The molecule has 0 bridgehead atoms. The quantitative estimate of drug-likeness (QED) is 0.489. The third-order valence-corrected chi connectivity index (χ3v) is 7.88. The summed E-state index contributed by atoms with van der Waals surface area (Å²) >= 11 is 0. The predicted molar refractivity (Wildman–Crippen MR) is 130 cm³/mol. The van der Waals surface area contributed by atoms with Crippen molar-refractivity contribution in [3.63, 3.8) is 0 Å². The minimum absolute atomic E-state index is 0.269. The molecule has 4 rings (SSSR count). The highest BCUT2D eigenvalue weighted by atomic mass is 31.1. The Bertz CT molecular complexity index is 937. The Morgan fingerprint density at radius 3 is 2.87 bits per heavy atom. The Hall–Kier alpha value is -1.39. The molecule has 1 fully saturated rings. The Balaban J connectivity index is 1.32. The molecular formula is C25H35BNO3P. The van der Waals surface area contributed by atoms with Crippen LogP contribution in [-0.4, -0.2) is 24.9 Å². The van der Waals surface area contributed by atoms with Crippen LogP contribution < -0.4 is 11.2 Å². The Morgan fingerprint density at radius 2 is 2.06 bits per heavy atom. The Kier molecular flexibility index (Phi) is 7.38. The molecule has 4 nitrogen and oxygen atoms in total. The first-order valence-electron chi connectivity index (χ1n) is 11.7. The van der Waals surface area contributed by atoms with Crippen molar-refractivity contribution in [2.45, 2.75) is 69.2 Å². The van der Waals surface area contributed by atoms with Gasteiger partial charge in [-0.15, -0.1) is 0 Å². The normalized spacial score (nSPS) is 26.5. The Morgan fingerprint density at radius 1 is 1.19 bits per heavy atom. The number of nitrogens with two attached hydrogens (primary N) is 1. The molecule has 0 heterocycles. The van der Waals surface area contributed by atoms with E-state index >= 15 is 0 Å². The van der Waals surface area contributed by atoms with Gasteiger partial charge in [-0.25, -0.2) is 0 Å². The van der Waals surface area contributed by atoms with E-state index in [4.69, 9.17) is 15.2 Å². The van der Waals surface area contributed by atoms with E-state index in [0.29, 0.717) is 12.3 Å². The second-order valence-corrected chi connectivity index (χ2v) is 10.7. The summed E-state index contributed by atoms with van der Waals surface area (Å²) in [7, 11) is -0.690. The van der Waals surface area contributed by atoms with Crippen LogP contribution >= 0.6 is 8.25 Å². The molecule has 2 unspecified atom stereocenters. The monoisotopic (exact) mass is 439 g/mol. The maximum Gasteiger partial charge on any atom is 0.316 e. The first kappa shape index (κ1) is 22.8. The molecule has 0 radical (unpaired) electrons. The van der Waals surface area contributed by atoms with Crippen LogP contribution in [0.25, 0.3) is 0 Å². The zero-order chi connectivity index (χ0) is 21.8. The lowest BCUT2D eigenvalue weighted by molar-refractivity contribution is 0.240. The van der Waals surface area contributed by atoms with Crippen molar-refractivity contribution in [2.24, 2.45) is 11.7 Å². The SMILES string of the molecule is Bc1cccc(CCC2CCc3cc([C@H]4CC[C@](N)(CCO[PH](=O)O)C4)ccc3C2)c1. The van der Waals surface area contributed by atoms with E-state index in [1.54, 1.807) is 0 Å². The summed E-state index contributed by atoms with van der Waals surface area (Å²) in [5, 5.41) is 0. The minimum Gasteiger partial charge on any atom is -0.326 e. The fourth-order valence-corrected chi connectivity index (χ4v) is 5.88. The van der Waals surface area contributed by atoms with Crippen LogP contribution in [0.5, 0.6) is 0 Å². The molecule has 0 spiro atoms. The maximum absolute atomic E-state index is 10.8. The number of hydrogen-bond donors (Lipinski definition) is 2. The minimum atomic E-state index is -2.86. The third-order valence-electron chi connectivity index (χ3n) is 7.43. The van der Waals surface area contributed by atoms with E-state index in [0.717, 1.165) is 25.2 Å². The zero-order valence-electron chi connectivity index (χ0n) is 18.6. The van der Waals surface area contributed by atoms with Crippen molar-refractivity contribution < 1.29 is 14.0 Å². The van der Waals surface area contributed by atoms with E-state index < -0.39 is 8.25 Å². The van der Waals surface area contributed by atoms with Crippen molar-refractivity contribution in [3.8, 4) is 0 Å². The van der Waals surface area contributed by atoms with Crippen LogP contribution in [-0.2, 0) is 28.4 Å². The molecule has 0 aliphatic heterocycles. The van der Waals surface area contributed by atoms with E-state index in [1.807, 2.05) is 0 Å². The number of aryl methyl sites for hydroxylation is 2. The smallest absolute Gasteiger partial charge is 0.316 e. The van der Waals surface area contributed by atoms with Gasteiger partial charge in [0, 0.05) is 5.54 Å². The average Bonchev–Trinajstić information content (AvgIpc) is 3.13. The number of rotatable bonds is 8. The molecule has 31 heavy (non-hydrogen) atoms. The maximum atomic E-state index is 10.8. The Labute approximate surface area is 187 Å². The molecule has 0 aromatic heterocycles. The van der Waals surface area contributed by atoms with Crippen LogP contribution in [0.1, 0.15) is 66.7 Å². The predicted octanol–water partition coefficient (Wildman–Crippen LogP) is 3.44. The molecule has 2 aromatic rings. The summed E-state index contributed by atoms with van der Waals surface area (Å²) in [6.45, 7) is 0.269. The fourth-order valence-electron chi connectivity index (χ4n) is 5.60. The highest BCUT2D eigenvalue weighted by Crippen LogP contribution is 2.42. The van der Waals surface area contributed by atoms with Gasteiger partial charge < -0.3 is 15.2 Å². The van der Waals surface area contributed by atoms with Gasteiger partial charge in [-0.05, 0) is 91.9 Å². The topological polar surface area (TPSA) is 72.5 Å². The lowest BCUT2D eigenvalue weighted by Gasteiger charge is -2.27. The second-order valence-electron chi connectivity index (χ2n) is 9.83. The summed E-state index contributed by atoms with van der Waals surface area (Å²) in [6.07, 6.45) is 9.72. The van der Waals surface area contributed by atoms with E-state index in [9.17, 15) is 4.57 Å². The molecule has 4 atom stereocenters. The summed E-state index contributed by atoms with van der Waals surface area (Å²) in [6, 6.07) is 16.0. The molecule has 0 amide bonds. The van der Waals surface area contributed by atoms with Crippen molar-refractivity contribution in [1.29, 1.82) is 0 Å². The van der Waals surface area contributed by atoms with E-state index in [2.05, 4.69) is 50.3 Å². The van der Waals surface area contributed by atoms with Gasteiger partial charge in [-0.1, -0.05) is 47.9 Å². The van der Waals surface area contributed by atoms with E-state index in [1.165, 1.54) is 59.8 Å². The van der Waals surface area contributed by atoms with Crippen molar-refractivity contribution in [3.05, 3.63) is 64.7 Å². The van der Waals surface area contributed by atoms with Gasteiger partial charge in [-0.2, -0.15) is 0 Å². The average molecular weight is 439 g/mol. The summed E-state index contributed by atoms with van der Waals surface area (Å²) in [5.41, 5.74) is 13.6. The molecule has 0 saturated heterocycles.